The first-order valence-electron chi connectivity index (χ1n) is 11.8. The molecule has 1 saturated carbocycles. The Bertz CT molecular complexity index is 1120. The molecule has 3 fully saturated rings. The maximum Gasteiger partial charge on any atom is 0.488 e. The fourth-order valence-electron chi connectivity index (χ4n) is 6.17. The monoisotopic (exact) mass is 465 g/mol. The maximum absolute atomic E-state index is 13.7. The molecule has 6 atom stereocenters. The third-order valence-corrected chi connectivity index (χ3v) is 7.67. The topological polar surface area (TPSA) is 128 Å². The molecule has 178 valence electrons. The first-order chi connectivity index (χ1) is 16.2. The summed E-state index contributed by atoms with van der Waals surface area (Å²) in [7, 11) is -1.72. The second-order valence-corrected chi connectivity index (χ2v) is 9.63. The van der Waals surface area contributed by atoms with Gasteiger partial charge < -0.3 is 25.0 Å². The van der Waals surface area contributed by atoms with E-state index in [4.69, 9.17) is 4.74 Å². The number of ether oxygens (including phenoxy) is 1. The van der Waals surface area contributed by atoms with E-state index in [0.717, 1.165) is 11.3 Å². The minimum atomic E-state index is -1.72. The Hall–Kier alpha value is -2.72. The van der Waals surface area contributed by atoms with Crippen molar-refractivity contribution in [2.75, 3.05) is 4.90 Å². The Morgan fingerprint density at radius 1 is 1.09 bits per heavy atom. The Morgan fingerprint density at radius 2 is 1.85 bits per heavy atom. The number of anilines is 1. The zero-order valence-electron chi connectivity index (χ0n) is 18.9. The van der Waals surface area contributed by atoms with Gasteiger partial charge in [-0.15, -0.1) is 0 Å². The molecule has 8 nitrogen and oxygen atoms in total. The first-order valence-corrected chi connectivity index (χ1v) is 11.8. The summed E-state index contributed by atoms with van der Waals surface area (Å²) in [6.07, 6.45) is 1.62. The number of aliphatic hydroxyl groups is 1. The molecule has 2 saturated heterocycles. The average molecular weight is 465 g/mol. The lowest BCUT2D eigenvalue weighted by molar-refractivity contribution is -0.270. The second kappa shape index (κ2) is 8.50. The molecule has 2 amide bonds. The molecule has 0 aromatic heterocycles. The number of imide groups is 1. The van der Waals surface area contributed by atoms with Gasteiger partial charge in [-0.3, -0.25) is 14.5 Å². The summed E-state index contributed by atoms with van der Waals surface area (Å²) in [5, 5.41) is 40.8. The predicted octanol–water partition coefficient (Wildman–Crippen LogP) is 1.46. The van der Waals surface area contributed by atoms with Crippen molar-refractivity contribution in [3.05, 3.63) is 54.1 Å². The van der Waals surface area contributed by atoms with E-state index in [9.17, 15) is 29.9 Å². The Morgan fingerprint density at radius 3 is 2.56 bits per heavy atom. The number of nitrogens with zero attached hydrogens (tertiary/aromatic N) is 1. The average Bonchev–Trinajstić information content (AvgIpc) is 3.29. The molecule has 4 N–H and O–H groups in total. The van der Waals surface area contributed by atoms with Gasteiger partial charge in [0.05, 0.1) is 23.6 Å². The fraction of sp³-hybridized carbons (Fsp3) is 0.440. The quantitative estimate of drug-likeness (QED) is 0.389. The van der Waals surface area contributed by atoms with Gasteiger partial charge in [-0.05, 0) is 54.6 Å². The zero-order valence-corrected chi connectivity index (χ0v) is 18.9. The van der Waals surface area contributed by atoms with Crippen LogP contribution in [0.15, 0.2) is 48.5 Å². The Labute approximate surface area is 197 Å². The number of benzene rings is 2. The highest BCUT2D eigenvalue weighted by Gasteiger charge is 2.66. The van der Waals surface area contributed by atoms with E-state index in [-0.39, 0.29) is 28.7 Å². The molecule has 2 aliphatic heterocycles. The number of fused-ring (bicyclic) bond motifs is 3. The van der Waals surface area contributed by atoms with Crippen LogP contribution in [0.25, 0.3) is 0 Å². The van der Waals surface area contributed by atoms with E-state index in [1.165, 1.54) is 12.1 Å². The van der Waals surface area contributed by atoms with Gasteiger partial charge in [0.1, 0.15) is 5.75 Å². The van der Waals surface area contributed by atoms with Crippen LogP contribution < -0.4 is 10.4 Å². The van der Waals surface area contributed by atoms with E-state index in [1.807, 2.05) is 13.0 Å². The van der Waals surface area contributed by atoms with E-state index in [0.29, 0.717) is 24.8 Å². The second-order valence-electron chi connectivity index (χ2n) is 9.63. The minimum Gasteiger partial charge on any atom is -0.508 e. The van der Waals surface area contributed by atoms with E-state index >= 15 is 0 Å². The smallest absolute Gasteiger partial charge is 0.488 e. The SMILES string of the molecule is CCC[C@H]1C[C@@H]2C(=O)N(c3cccc(B(O)O)c3)C(=O)[C@@H]2[C@@H]2C[C@@H](c3cccc(O)c3)O[C@]12O. The first kappa shape index (κ1) is 23.0. The largest absolute Gasteiger partial charge is 0.508 e. The number of hydrogen-bond acceptors (Lipinski definition) is 7. The van der Waals surface area contributed by atoms with Gasteiger partial charge in [0, 0.05) is 11.8 Å². The highest BCUT2D eigenvalue weighted by Crippen LogP contribution is 2.59. The molecule has 0 spiro atoms. The van der Waals surface area contributed by atoms with Gasteiger partial charge in [-0.25, -0.2) is 0 Å². The molecule has 2 heterocycles. The number of hydrogen-bond donors (Lipinski definition) is 4. The number of phenols is 1. The summed E-state index contributed by atoms with van der Waals surface area (Å²) in [6, 6.07) is 12.8. The van der Waals surface area contributed by atoms with Gasteiger partial charge in [0.15, 0.2) is 5.79 Å². The van der Waals surface area contributed by atoms with Crippen LogP contribution in [-0.2, 0) is 14.3 Å². The fourth-order valence-corrected chi connectivity index (χ4v) is 6.17. The van der Waals surface area contributed by atoms with Crippen molar-refractivity contribution in [2.24, 2.45) is 23.7 Å². The summed E-state index contributed by atoms with van der Waals surface area (Å²) in [5.41, 5.74) is 1.18. The van der Waals surface area contributed by atoms with Crippen LogP contribution in [0.2, 0.25) is 0 Å². The third-order valence-electron chi connectivity index (χ3n) is 7.67. The van der Waals surface area contributed by atoms with Crippen molar-refractivity contribution in [1.82, 2.24) is 0 Å². The van der Waals surface area contributed by atoms with Crippen molar-refractivity contribution in [3.8, 4) is 5.75 Å². The number of phenolic OH excluding ortho intramolecular Hbond substituents is 1. The lowest BCUT2D eigenvalue weighted by Gasteiger charge is -2.44. The zero-order chi connectivity index (χ0) is 24.2. The minimum absolute atomic E-state index is 0.0928. The van der Waals surface area contributed by atoms with Crippen molar-refractivity contribution in [1.29, 1.82) is 0 Å². The van der Waals surface area contributed by atoms with E-state index < -0.39 is 42.7 Å². The number of carbonyl (C=O) groups excluding carboxylic acids is 2. The summed E-state index contributed by atoms with van der Waals surface area (Å²) >= 11 is 0. The molecule has 1 aliphatic carbocycles. The molecule has 0 radical (unpaired) electrons. The van der Waals surface area contributed by atoms with Crippen LogP contribution >= 0.6 is 0 Å². The van der Waals surface area contributed by atoms with Gasteiger partial charge in [-0.2, -0.15) is 0 Å². The molecule has 2 aromatic carbocycles. The van der Waals surface area contributed by atoms with Crippen LogP contribution in [-0.4, -0.2) is 45.0 Å². The Balaban J connectivity index is 1.52. The van der Waals surface area contributed by atoms with E-state index in [2.05, 4.69) is 0 Å². The number of carbonyl (C=O) groups is 2. The molecule has 34 heavy (non-hydrogen) atoms. The van der Waals surface area contributed by atoms with Crippen molar-refractivity contribution in [3.63, 3.8) is 0 Å². The number of amides is 2. The molecule has 2 aromatic rings. The predicted molar refractivity (Wildman–Crippen MR) is 124 cm³/mol. The molecular formula is C25H28BNO7. The number of rotatable bonds is 5. The van der Waals surface area contributed by atoms with Crippen molar-refractivity contribution in [2.45, 2.75) is 44.5 Å². The van der Waals surface area contributed by atoms with Crippen molar-refractivity contribution >= 4 is 30.1 Å². The summed E-state index contributed by atoms with van der Waals surface area (Å²) in [4.78, 5) is 28.3. The summed E-state index contributed by atoms with van der Waals surface area (Å²) in [6.45, 7) is 2.01. The van der Waals surface area contributed by atoms with Crippen LogP contribution in [0.4, 0.5) is 5.69 Å². The lowest BCUT2D eigenvalue weighted by Crippen LogP contribution is -2.53. The molecule has 0 bridgehead atoms. The molecule has 3 aliphatic rings. The molecule has 5 rings (SSSR count). The maximum atomic E-state index is 13.7. The standard InChI is InChI=1S/C25H28BNO7/c1-2-5-15-11-19-22(20-13-21(34-25(15,20)31)14-6-3-9-18(28)10-14)24(30)27(23(19)29)17-8-4-7-16(12-17)26(32)33/h3-4,6-10,12,15,19-22,28,31-33H,2,5,11,13H2,1H3/t15-,19-,20-,21-,22-,25+/m0/s1. The van der Waals surface area contributed by atoms with Crippen LogP contribution in [0.3, 0.4) is 0 Å². The summed E-state index contributed by atoms with van der Waals surface area (Å²) < 4.78 is 6.24. The number of aromatic hydroxyl groups is 1. The Kier molecular flexibility index (Phi) is 5.76. The van der Waals surface area contributed by atoms with Gasteiger partial charge >= 0.3 is 7.12 Å². The third kappa shape index (κ3) is 3.55. The van der Waals surface area contributed by atoms with Crippen LogP contribution in [0.5, 0.6) is 5.75 Å². The van der Waals surface area contributed by atoms with Crippen LogP contribution in [0.1, 0.15) is 44.3 Å². The van der Waals surface area contributed by atoms with Crippen LogP contribution in [0, 0.1) is 23.7 Å². The van der Waals surface area contributed by atoms with Gasteiger partial charge in [-0.1, -0.05) is 37.6 Å². The van der Waals surface area contributed by atoms with E-state index in [1.54, 1.807) is 30.3 Å². The van der Waals surface area contributed by atoms with Gasteiger partial charge in [0.25, 0.3) is 0 Å². The van der Waals surface area contributed by atoms with Crippen molar-refractivity contribution < 1.29 is 34.6 Å². The highest BCUT2D eigenvalue weighted by atomic mass is 16.6. The molecular weight excluding hydrogens is 437 g/mol. The van der Waals surface area contributed by atoms with Gasteiger partial charge in [0.2, 0.25) is 11.8 Å². The molecule has 9 heteroatoms. The normalized spacial score (nSPS) is 32.6. The summed E-state index contributed by atoms with van der Waals surface area (Å²) in [5.74, 6) is -4.41. The molecule has 0 unspecified atom stereocenters. The lowest BCUT2D eigenvalue weighted by atomic mass is 9.63. The highest BCUT2D eigenvalue weighted by molar-refractivity contribution is 6.58.